The van der Waals surface area contributed by atoms with Gasteiger partial charge in [-0.3, -0.25) is 4.90 Å². The van der Waals surface area contributed by atoms with Crippen molar-refractivity contribution in [3.05, 3.63) is 0 Å². The van der Waals surface area contributed by atoms with Crippen LogP contribution in [0.15, 0.2) is 0 Å². The number of nitrogens with zero attached hydrogens (tertiary/aromatic N) is 1. The van der Waals surface area contributed by atoms with Crippen LogP contribution in [0.3, 0.4) is 0 Å². The fourth-order valence-electron chi connectivity index (χ4n) is 2.63. The van der Waals surface area contributed by atoms with E-state index in [4.69, 9.17) is 5.73 Å². The van der Waals surface area contributed by atoms with Crippen molar-refractivity contribution in [2.75, 3.05) is 18.8 Å². The maximum Gasteiger partial charge on any atom is 0.0197 e. The third kappa shape index (κ3) is 2.26. The summed E-state index contributed by atoms with van der Waals surface area (Å²) in [6.45, 7) is 7.03. The molecule has 14 heavy (non-hydrogen) atoms. The van der Waals surface area contributed by atoms with Gasteiger partial charge in [-0.2, -0.15) is 11.8 Å². The van der Waals surface area contributed by atoms with E-state index in [-0.39, 0.29) is 0 Å². The second kappa shape index (κ2) is 4.42. The molecule has 4 unspecified atom stereocenters. The predicted molar refractivity (Wildman–Crippen MR) is 63.7 cm³/mol. The summed E-state index contributed by atoms with van der Waals surface area (Å²) in [5, 5.41) is 0.870. The quantitative estimate of drug-likeness (QED) is 0.756. The summed E-state index contributed by atoms with van der Waals surface area (Å²) in [5.74, 6) is 2.09. The van der Waals surface area contributed by atoms with Crippen LogP contribution in [-0.2, 0) is 0 Å². The zero-order valence-electron chi connectivity index (χ0n) is 9.28. The van der Waals surface area contributed by atoms with Gasteiger partial charge in [0, 0.05) is 29.6 Å². The molecule has 2 fully saturated rings. The average Bonchev–Trinajstić information content (AvgIpc) is 2.70. The van der Waals surface area contributed by atoms with Gasteiger partial charge in [-0.05, 0) is 32.2 Å². The van der Waals surface area contributed by atoms with Gasteiger partial charge in [0.05, 0.1) is 0 Å². The summed E-state index contributed by atoms with van der Waals surface area (Å²) in [6, 6.07) is 1.23. The van der Waals surface area contributed by atoms with E-state index >= 15 is 0 Å². The Morgan fingerprint density at radius 2 is 2.29 bits per heavy atom. The van der Waals surface area contributed by atoms with Crippen molar-refractivity contribution in [2.24, 2.45) is 11.7 Å². The molecule has 2 aliphatic rings. The topological polar surface area (TPSA) is 29.3 Å². The summed E-state index contributed by atoms with van der Waals surface area (Å²) in [7, 11) is 0. The summed E-state index contributed by atoms with van der Waals surface area (Å²) >= 11 is 2.13. The highest BCUT2D eigenvalue weighted by molar-refractivity contribution is 8.00. The lowest BCUT2D eigenvalue weighted by molar-refractivity contribution is 0.245. The standard InChI is InChI=1S/C11H22N2S/c1-8-5-11(7-14-8)13-4-3-10(6-13)9(2)12/h8-11H,3-7,12H2,1-2H3. The highest BCUT2D eigenvalue weighted by atomic mass is 32.2. The fourth-order valence-corrected chi connectivity index (χ4v) is 3.88. The first-order valence-corrected chi connectivity index (χ1v) is 6.83. The van der Waals surface area contributed by atoms with E-state index < -0.39 is 0 Å². The minimum Gasteiger partial charge on any atom is -0.328 e. The van der Waals surface area contributed by atoms with Gasteiger partial charge in [0.2, 0.25) is 0 Å². The van der Waals surface area contributed by atoms with E-state index in [1.165, 1.54) is 31.7 Å². The summed E-state index contributed by atoms with van der Waals surface area (Å²) in [4.78, 5) is 2.67. The van der Waals surface area contributed by atoms with Gasteiger partial charge < -0.3 is 5.73 Å². The second-order valence-electron chi connectivity index (χ2n) is 4.94. The van der Waals surface area contributed by atoms with E-state index in [2.05, 4.69) is 30.5 Å². The van der Waals surface area contributed by atoms with Crippen LogP contribution in [0.1, 0.15) is 26.7 Å². The normalized spacial score (nSPS) is 41.8. The number of likely N-dealkylation sites (tertiary alicyclic amines) is 1. The van der Waals surface area contributed by atoms with Crippen molar-refractivity contribution < 1.29 is 0 Å². The monoisotopic (exact) mass is 214 g/mol. The van der Waals surface area contributed by atoms with Gasteiger partial charge in [0.1, 0.15) is 0 Å². The van der Waals surface area contributed by atoms with E-state index in [1.54, 1.807) is 0 Å². The Morgan fingerprint density at radius 3 is 2.79 bits per heavy atom. The molecule has 0 spiro atoms. The molecule has 82 valence electrons. The summed E-state index contributed by atoms with van der Waals surface area (Å²) < 4.78 is 0. The van der Waals surface area contributed by atoms with Gasteiger partial charge in [-0.15, -0.1) is 0 Å². The van der Waals surface area contributed by atoms with Crippen molar-refractivity contribution in [3.8, 4) is 0 Å². The first-order chi connectivity index (χ1) is 6.66. The third-order valence-corrected chi connectivity index (χ3v) is 5.03. The Balaban J connectivity index is 1.83. The molecule has 0 aromatic heterocycles. The SMILES string of the molecule is CC1CC(N2CCC(C(C)N)C2)CS1. The van der Waals surface area contributed by atoms with E-state index in [0.717, 1.165) is 17.2 Å². The Hall–Kier alpha value is 0.270. The lowest BCUT2D eigenvalue weighted by atomic mass is 10.0. The molecule has 2 saturated heterocycles. The highest BCUT2D eigenvalue weighted by Gasteiger charge is 2.33. The second-order valence-corrected chi connectivity index (χ2v) is 6.41. The van der Waals surface area contributed by atoms with Crippen molar-refractivity contribution in [1.82, 2.24) is 4.90 Å². The predicted octanol–water partition coefficient (Wildman–Crippen LogP) is 1.55. The van der Waals surface area contributed by atoms with Crippen LogP contribution in [0.4, 0.5) is 0 Å². The molecule has 0 bridgehead atoms. The summed E-state index contributed by atoms with van der Waals surface area (Å²) in [6.07, 6.45) is 2.70. The number of thioether (sulfide) groups is 1. The average molecular weight is 214 g/mol. The van der Waals surface area contributed by atoms with E-state index in [1.807, 2.05) is 0 Å². The van der Waals surface area contributed by atoms with Crippen LogP contribution in [0.5, 0.6) is 0 Å². The van der Waals surface area contributed by atoms with Crippen LogP contribution in [-0.4, -0.2) is 41.1 Å². The molecule has 0 aromatic carbocycles. The van der Waals surface area contributed by atoms with Gasteiger partial charge >= 0.3 is 0 Å². The minimum absolute atomic E-state index is 0.381. The first kappa shape index (κ1) is 10.8. The van der Waals surface area contributed by atoms with Gasteiger partial charge in [0.25, 0.3) is 0 Å². The molecule has 0 aliphatic carbocycles. The molecule has 2 nitrogen and oxygen atoms in total. The van der Waals surface area contributed by atoms with E-state index in [0.29, 0.717) is 6.04 Å². The first-order valence-electron chi connectivity index (χ1n) is 5.78. The lowest BCUT2D eigenvalue weighted by Gasteiger charge is -2.23. The minimum atomic E-state index is 0.381. The van der Waals surface area contributed by atoms with Crippen LogP contribution >= 0.6 is 11.8 Å². The largest absolute Gasteiger partial charge is 0.328 e. The molecule has 3 heteroatoms. The maximum absolute atomic E-state index is 5.95. The molecule has 0 saturated carbocycles. The number of nitrogens with two attached hydrogens (primary N) is 1. The molecule has 0 amide bonds. The fraction of sp³-hybridized carbons (Fsp3) is 1.00. The van der Waals surface area contributed by atoms with Crippen molar-refractivity contribution in [2.45, 2.75) is 44.0 Å². The molecular formula is C11H22N2S. The zero-order valence-corrected chi connectivity index (χ0v) is 10.1. The molecule has 0 radical (unpaired) electrons. The number of hydrogen-bond acceptors (Lipinski definition) is 3. The van der Waals surface area contributed by atoms with Crippen LogP contribution in [0.25, 0.3) is 0 Å². The molecular weight excluding hydrogens is 192 g/mol. The molecule has 2 aliphatic heterocycles. The van der Waals surface area contributed by atoms with Crippen LogP contribution in [0.2, 0.25) is 0 Å². The van der Waals surface area contributed by atoms with Crippen LogP contribution in [0, 0.1) is 5.92 Å². The lowest BCUT2D eigenvalue weighted by Crippen LogP contribution is -2.36. The Bertz CT molecular complexity index is 196. The molecule has 4 atom stereocenters. The van der Waals surface area contributed by atoms with Gasteiger partial charge in [-0.1, -0.05) is 6.92 Å². The number of rotatable bonds is 2. The molecule has 2 heterocycles. The Labute approximate surface area is 91.6 Å². The van der Waals surface area contributed by atoms with E-state index in [9.17, 15) is 0 Å². The van der Waals surface area contributed by atoms with Crippen molar-refractivity contribution in [3.63, 3.8) is 0 Å². The highest BCUT2D eigenvalue weighted by Crippen LogP contribution is 2.32. The van der Waals surface area contributed by atoms with Gasteiger partial charge in [-0.25, -0.2) is 0 Å². The number of hydrogen-bond donors (Lipinski definition) is 1. The Kier molecular flexibility index (Phi) is 3.40. The molecule has 0 aromatic rings. The van der Waals surface area contributed by atoms with Gasteiger partial charge in [0.15, 0.2) is 0 Å². The Morgan fingerprint density at radius 1 is 1.50 bits per heavy atom. The smallest absolute Gasteiger partial charge is 0.0197 e. The van der Waals surface area contributed by atoms with Crippen molar-refractivity contribution in [1.29, 1.82) is 0 Å². The molecule has 2 N–H and O–H groups in total. The third-order valence-electron chi connectivity index (χ3n) is 3.69. The van der Waals surface area contributed by atoms with Crippen molar-refractivity contribution >= 4 is 11.8 Å². The van der Waals surface area contributed by atoms with Crippen LogP contribution < -0.4 is 5.73 Å². The molecule has 2 rings (SSSR count). The zero-order chi connectivity index (χ0) is 10.1. The maximum atomic E-state index is 5.95. The summed E-state index contributed by atoms with van der Waals surface area (Å²) in [5.41, 5.74) is 5.95.